The molecule has 0 fully saturated rings. The summed E-state index contributed by atoms with van der Waals surface area (Å²) in [5.74, 6) is 0.756. The van der Waals surface area contributed by atoms with Crippen LogP contribution in [0.3, 0.4) is 0 Å². The number of nitrogens with one attached hydrogen (secondary N) is 3. The van der Waals surface area contributed by atoms with Crippen LogP contribution < -0.4 is 16.0 Å². The third-order valence-corrected chi connectivity index (χ3v) is 4.80. The summed E-state index contributed by atoms with van der Waals surface area (Å²) in [4.78, 5) is 20.7. The van der Waals surface area contributed by atoms with Gasteiger partial charge in [0, 0.05) is 37.6 Å². The lowest BCUT2D eigenvalue weighted by molar-refractivity contribution is 0.0996. The lowest BCUT2D eigenvalue weighted by Crippen LogP contribution is -2.37. The van der Waals surface area contributed by atoms with Crippen molar-refractivity contribution in [2.45, 2.75) is 19.9 Å². The maximum absolute atomic E-state index is 12.0. The molecule has 0 aliphatic heterocycles. The maximum atomic E-state index is 12.0. The van der Waals surface area contributed by atoms with E-state index in [1.54, 1.807) is 30.5 Å². The van der Waals surface area contributed by atoms with Crippen molar-refractivity contribution in [3.8, 4) is 0 Å². The SMILES string of the molecule is CN=C(NCCc1csc(C)n1)NCc1ccc(NC(=O)c2ccco2)cc1.I. The number of furan rings is 1. The van der Waals surface area contributed by atoms with Gasteiger partial charge in [0.25, 0.3) is 5.91 Å². The molecule has 0 radical (unpaired) electrons. The van der Waals surface area contributed by atoms with Crippen LogP contribution in [-0.2, 0) is 13.0 Å². The van der Waals surface area contributed by atoms with Gasteiger partial charge in [0.2, 0.25) is 0 Å². The van der Waals surface area contributed by atoms with Crippen LogP contribution in [0.4, 0.5) is 5.69 Å². The highest BCUT2D eigenvalue weighted by molar-refractivity contribution is 14.0. The zero-order valence-corrected chi connectivity index (χ0v) is 19.4. The highest BCUT2D eigenvalue weighted by Crippen LogP contribution is 2.12. The Morgan fingerprint density at radius 2 is 2.00 bits per heavy atom. The molecule has 0 aliphatic rings. The largest absolute Gasteiger partial charge is 0.459 e. The first kappa shape index (κ1) is 22.9. The van der Waals surface area contributed by atoms with Crippen molar-refractivity contribution in [3.05, 3.63) is 70.1 Å². The van der Waals surface area contributed by atoms with Crippen molar-refractivity contribution in [1.82, 2.24) is 15.6 Å². The number of nitrogens with zero attached hydrogens (tertiary/aromatic N) is 2. The number of halogens is 1. The van der Waals surface area contributed by atoms with Crippen LogP contribution in [0.1, 0.15) is 26.8 Å². The first-order valence-electron chi connectivity index (χ1n) is 8.93. The molecule has 9 heteroatoms. The van der Waals surface area contributed by atoms with E-state index < -0.39 is 0 Å². The minimum Gasteiger partial charge on any atom is -0.459 e. The maximum Gasteiger partial charge on any atom is 0.291 e. The molecule has 0 saturated carbocycles. The number of aromatic nitrogens is 1. The van der Waals surface area contributed by atoms with E-state index in [1.165, 1.54) is 6.26 Å². The van der Waals surface area contributed by atoms with Crippen molar-refractivity contribution >= 4 is 52.9 Å². The van der Waals surface area contributed by atoms with Crippen LogP contribution in [-0.4, -0.2) is 30.4 Å². The van der Waals surface area contributed by atoms with Crippen molar-refractivity contribution in [1.29, 1.82) is 0 Å². The van der Waals surface area contributed by atoms with Gasteiger partial charge in [-0.2, -0.15) is 0 Å². The minimum atomic E-state index is -0.268. The molecule has 0 aliphatic carbocycles. The average Bonchev–Trinajstić information content (AvgIpc) is 3.37. The number of aryl methyl sites for hydroxylation is 1. The third kappa shape index (κ3) is 7.17. The molecule has 3 rings (SSSR count). The van der Waals surface area contributed by atoms with Gasteiger partial charge >= 0.3 is 0 Å². The van der Waals surface area contributed by atoms with E-state index in [1.807, 2.05) is 31.2 Å². The summed E-state index contributed by atoms with van der Waals surface area (Å²) < 4.78 is 5.08. The van der Waals surface area contributed by atoms with E-state index in [4.69, 9.17) is 4.42 Å². The van der Waals surface area contributed by atoms with Crippen LogP contribution in [0.2, 0.25) is 0 Å². The Balaban J connectivity index is 0.00000300. The quantitative estimate of drug-likeness (QED) is 0.248. The fourth-order valence-corrected chi connectivity index (χ4v) is 3.19. The van der Waals surface area contributed by atoms with E-state index >= 15 is 0 Å². The number of amides is 1. The molecule has 2 heterocycles. The highest BCUT2D eigenvalue weighted by Gasteiger charge is 2.08. The second-order valence-electron chi connectivity index (χ2n) is 6.09. The monoisotopic (exact) mass is 525 g/mol. The summed E-state index contributed by atoms with van der Waals surface area (Å²) >= 11 is 1.66. The topological polar surface area (TPSA) is 91.5 Å². The third-order valence-electron chi connectivity index (χ3n) is 3.98. The van der Waals surface area contributed by atoms with Gasteiger partial charge in [-0.3, -0.25) is 9.79 Å². The summed E-state index contributed by atoms with van der Waals surface area (Å²) in [6.07, 6.45) is 2.33. The van der Waals surface area contributed by atoms with E-state index in [-0.39, 0.29) is 35.6 Å². The molecule has 0 atom stereocenters. The molecule has 1 amide bonds. The number of benzene rings is 1. The van der Waals surface area contributed by atoms with E-state index in [2.05, 4.69) is 31.3 Å². The van der Waals surface area contributed by atoms with Gasteiger partial charge in [0.1, 0.15) is 0 Å². The van der Waals surface area contributed by atoms with Crippen LogP contribution in [0.15, 0.2) is 57.5 Å². The molecule has 1 aromatic carbocycles. The van der Waals surface area contributed by atoms with Crippen LogP contribution in [0, 0.1) is 6.92 Å². The number of carbonyl (C=O) groups is 1. The molecule has 0 spiro atoms. The van der Waals surface area contributed by atoms with Gasteiger partial charge in [-0.05, 0) is 36.8 Å². The van der Waals surface area contributed by atoms with Crippen molar-refractivity contribution < 1.29 is 9.21 Å². The molecule has 29 heavy (non-hydrogen) atoms. The van der Waals surface area contributed by atoms with Crippen LogP contribution in [0.5, 0.6) is 0 Å². The highest BCUT2D eigenvalue weighted by atomic mass is 127. The van der Waals surface area contributed by atoms with Gasteiger partial charge in [0.05, 0.1) is 17.0 Å². The Bertz CT molecular complexity index is 923. The summed E-state index contributed by atoms with van der Waals surface area (Å²) in [6.45, 7) is 3.40. The second kappa shape index (κ2) is 11.6. The molecule has 0 bridgehead atoms. The number of guanidine groups is 1. The van der Waals surface area contributed by atoms with Gasteiger partial charge in [-0.1, -0.05) is 12.1 Å². The Labute approximate surface area is 191 Å². The fourth-order valence-electron chi connectivity index (χ4n) is 2.54. The molecular weight excluding hydrogens is 501 g/mol. The van der Waals surface area contributed by atoms with Gasteiger partial charge in [-0.15, -0.1) is 35.3 Å². The molecule has 154 valence electrons. The van der Waals surface area contributed by atoms with Crippen molar-refractivity contribution in [3.63, 3.8) is 0 Å². The van der Waals surface area contributed by atoms with E-state index in [9.17, 15) is 4.79 Å². The Morgan fingerprint density at radius 3 is 2.62 bits per heavy atom. The number of hydrogen-bond donors (Lipinski definition) is 3. The molecule has 7 nitrogen and oxygen atoms in total. The van der Waals surface area contributed by atoms with E-state index in [0.29, 0.717) is 12.2 Å². The first-order chi connectivity index (χ1) is 13.6. The summed E-state index contributed by atoms with van der Waals surface area (Å²) in [5.41, 5.74) is 2.89. The fraction of sp³-hybridized carbons (Fsp3) is 0.250. The smallest absolute Gasteiger partial charge is 0.291 e. The Kier molecular flexibility index (Phi) is 9.13. The lowest BCUT2D eigenvalue weighted by atomic mass is 10.2. The van der Waals surface area contributed by atoms with E-state index in [0.717, 1.165) is 35.2 Å². The second-order valence-corrected chi connectivity index (χ2v) is 7.15. The number of thiazole rings is 1. The minimum absolute atomic E-state index is 0. The Hall–Kier alpha value is -2.40. The molecule has 3 N–H and O–H groups in total. The number of anilines is 1. The summed E-state index contributed by atoms with van der Waals surface area (Å²) in [6, 6.07) is 10.9. The lowest BCUT2D eigenvalue weighted by Gasteiger charge is -2.12. The average molecular weight is 525 g/mol. The zero-order chi connectivity index (χ0) is 19.8. The van der Waals surface area contributed by atoms with Gasteiger partial charge < -0.3 is 20.4 Å². The summed E-state index contributed by atoms with van der Waals surface area (Å²) in [5, 5.41) is 12.5. The molecule has 0 saturated heterocycles. The van der Waals surface area contributed by atoms with Gasteiger partial charge in [-0.25, -0.2) is 4.98 Å². The predicted octanol–water partition coefficient (Wildman–Crippen LogP) is 3.82. The molecular formula is C20H24IN5O2S. The predicted molar refractivity (Wildman–Crippen MR) is 127 cm³/mol. The number of aliphatic imine (C=N–C) groups is 1. The van der Waals surface area contributed by atoms with Crippen LogP contribution >= 0.6 is 35.3 Å². The standard InChI is InChI=1S/C20H23N5O2S.HI/c1-14-24-17(13-28-14)9-10-22-20(21-2)23-12-15-5-7-16(8-6-15)25-19(26)18-4-3-11-27-18;/h3-8,11,13H,9-10,12H2,1-2H3,(H,25,26)(H2,21,22,23);1H. The van der Waals surface area contributed by atoms with Gasteiger partial charge in [0.15, 0.2) is 11.7 Å². The molecule has 0 unspecified atom stereocenters. The number of rotatable bonds is 7. The molecule has 3 aromatic rings. The Morgan fingerprint density at radius 1 is 1.21 bits per heavy atom. The normalized spacial score (nSPS) is 10.9. The number of carbonyl (C=O) groups excluding carboxylic acids is 1. The first-order valence-corrected chi connectivity index (χ1v) is 9.81. The summed E-state index contributed by atoms with van der Waals surface area (Å²) in [7, 11) is 1.75. The van der Waals surface area contributed by atoms with Crippen LogP contribution in [0.25, 0.3) is 0 Å². The number of hydrogen-bond acceptors (Lipinski definition) is 5. The van der Waals surface area contributed by atoms with Crippen molar-refractivity contribution in [2.24, 2.45) is 4.99 Å². The molecule has 2 aromatic heterocycles. The zero-order valence-electron chi connectivity index (χ0n) is 16.3. The van der Waals surface area contributed by atoms with Crippen molar-refractivity contribution in [2.75, 3.05) is 18.9 Å².